The van der Waals surface area contributed by atoms with Crippen molar-refractivity contribution in [3.05, 3.63) is 32.4 Å². The van der Waals surface area contributed by atoms with Gasteiger partial charge in [0.05, 0.1) is 6.10 Å². The van der Waals surface area contributed by atoms with Crippen molar-refractivity contribution in [2.24, 2.45) is 11.8 Å². The zero-order chi connectivity index (χ0) is 20.5. The van der Waals surface area contributed by atoms with Crippen molar-refractivity contribution in [2.45, 2.75) is 77.2 Å². The average molecular weight is 471 g/mol. The smallest absolute Gasteiger partial charge is 0.303 e. The Morgan fingerprint density at radius 3 is 2.71 bits per heavy atom. The first-order chi connectivity index (χ1) is 13.4. The van der Waals surface area contributed by atoms with Gasteiger partial charge in [0.25, 0.3) is 0 Å². The SMILES string of the molecule is Cc1sc(CCC(=O)CC[C@H]2CCC(O)[C@@H]2C/C=C\CCCC(=O)O)cc1Br. The minimum absolute atomic E-state index is 0.198. The van der Waals surface area contributed by atoms with Crippen LogP contribution >= 0.6 is 27.3 Å². The number of hydrogen-bond acceptors (Lipinski definition) is 4. The third-order valence-electron chi connectivity index (χ3n) is 5.62. The molecule has 3 atom stereocenters. The molecule has 1 saturated carbocycles. The molecule has 1 aliphatic rings. The molecule has 0 aliphatic heterocycles. The number of unbranched alkanes of at least 4 members (excludes halogenated alkanes) is 1. The van der Waals surface area contributed by atoms with E-state index in [0.29, 0.717) is 31.0 Å². The number of rotatable bonds is 12. The van der Waals surface area contributed by atoms with E-state index in [1.165, 1.54) is 9.75 Å². The van der Waals surface area contributed by atoms with E-state index in [-0.39, 0.29) is 18.4 Å². The number of allylic oxidation sites excluding steroid dienone is 2. The number of hydrogen-bond donors (Lipinski definition) is 2. The van der Waals surface area contributed by atoms with E-state index in [1.54, 1.807) is 11.3 Å². The van der Waals surface area contributed by atoms with Gasteiger partial charge in [0, 0.05) is 33.5 Å². The highest BCUT2D eigenvalue weighted by molar-refractivity contribution is 9.10. The van der Waals surface area contributed by atoms with Gasteiger partial charge < -0.3 is 10.2 Å². The van der Waals surface area contributed by atoms with E-state index in [9.17, 15) is 14.7 Å². The van der Waals surface area contributed by atoms with Crippen LogP contribution in [-0.4, -0.2) is 28.1 Å². The molecule has 0 amide bonds. The van der Waals surface area contributed by atoms with Crippen LogP contribution < -0.4 is 0 Å². The van der Waals surface area contributed by atoms with Crippen molar-refractivity contribution < 1.29 is 19.8 Å². The molecule has 2 N–H and O–H groups in total. The second-order valence-electron chi connectivity index (χ2n) is 7.76. The van der Waals surface area contributed by atoms with Crippen molar-refractivity contribution in [1.82, 2.24) is 0 Å². The Balaban J connectivity index is 1.70. The third kappa shape index (κ3) is 7.80. The first-order valence-electron chi connectivity index (χ1n) is 10.2. The van der Waals surface area contributed by atoms with E-state index in [4.69, 9.17) is 5.11 Å². The summed E-state index contributed by atoms with van der Waals surface area (Å²) in [5.74, 6) is 0.179. The van der Waals surface area contributed by atoms with E-state index in [2.05, 4.69) is 35.0 Å². The molecule has 1 unspecified atom stereocenters. The van der Waals surface area contributed by atoms with Crippen LogP contribution in [0.3, 0.4) is 0 Å². The van der Waals surface area contributed by atoms with E-state index in [1.807, 2.05) is 6.08 Å². The van der Waals surface area contributed by atoms with Crippen LogP contribution in [0.2, 0.25) is 0 Å². The number of carbonyl (C=O) groups is 2. The summed E-state index contributed by atoms with van der Waals surface area (Å²) in [4.78, 5) is 25.3. The standard InChI is InChI=1S/C22H31BrO4S/c1-15-20(23)14-18(28-15)12-11-17(24)10-8-16-9-13-21(25)19(16)6-4-2-3-5-7-22(26)27/h2,4,14,16,19,21,25H,3,5-13H2,1H3,(H,26,27)/b4-2-/t16-,19+,21?/m0/s1. The van der Waals surface area contributed by atoms with Crippen molar-refractivity contribution in [3.63, 3.8) is 0 Å². The monoisotopic (exact) mass is 470 g/mol. The van der Waals surface area contributed by atoms with Crippen LogP contribution in [0.5, 0.6) is 0 Å². The van der Waals surface area contributed by atoms with Gasteiger partial charge in [0.2, 0.25) is 0 Å². The molecule has 0 aromatic carbocycles. The van der Waals surface area contributed by atoms with Crippen molar-refractivity contribution in [2.75, 3.05) is 0 Å². The van der Waals surface area contributed by atoms with Crippen LogP contribution in [0.4, 0.5) is 0 Å². The van der Waals surface area contributed by atoms with Gasteiger partial charge in [-0.3, -0.25) is 9.59 Å². The normalized spacial score (nSPS) is 22.2. The van der Waals surface area contributed by atoms with Crippen LogP contribution in [0.25, 0.3) is 0 Å². The number of aliphatic hydroxyl groups is 1. The summed E-state index contributed by atoms with van der Waals surface area (Å²) in [6.45, 7) is 2.08. The maximum absolute atomic E-state index is 12.3. The summed E-state index contributed by atoms with van der Waals surface area (Å²) in [6.07, 6.45) is 10.9. The number of Topliss-reactive ketones (excluding diaryl/α,β-unsaturated/α-hetero) is 1. The molecule has 0 spiro atoms. The van der Waals surface area contributed by atoms with Crippen LogP contribution in [0.15, 0.2) is 22.7 Å². The number of thiophene rings is 1. The van der Waals surface area contributed by atoms with E-state index in [0.717, 1.165) is 43.0 Å². The summed E-state index contributed by atoms with van der Waals surface area (Å²) < 4.78 is 1.12. The summed E-state index contributed by atoms with van der Waals surface area (Å²) in [6, 6.07) is 2.11. The van der Waals surface area contributed by atoms with Crippen LogP contribution in [0, 0.1) is 18.8 Å². The second kappa shape index (κ2) is 11.9. The summed E-state index contributed by atoms with van der Waals surface area (Å²) in [5, 5.41) is 18.9. The van der Waals surface area contributed by atoms with Gasteiger partial charge in [-0.2, -0.15) is 0 Å². The van der Waals surface area contributed by atoms with Crippen LogP contribution in [-0.2, 0) is 16.0 Å². The summed E-state index contributed by atoms with van der Waals surface area (Å²) in [5.41, 5.74) is 0. The van der Waals surface area contributed by atoms with Gasteiger partial charge >= 0.3 is 5.97 Å². The molecule has 0 radical (unpaired) electrons. The van der Waals surface area contributed by atoms with Gasteiger partial charge in [-0.05, 0) is 85.7 Å². The maximum atomic E-state index is 12.3. The van der Waals surface area contributed by atoms with Gasteiger partial charge in [0.1, 0.15) is 5.78 Å². The topological polar surface area (TPSA) is 74.6 Å². The number of aliphatic carboxylic acids is 1. The lowest BCUT2D eigenvalue weighted by Crippen LogP contribution is -2.19. The van der Waals surface area contributed by atoms with Crippen molar-refractivity contribution >= 4 is 39.0 Å². The van der Waals surface area contributed by atoms with Gasteiger partial charge in [-0.25, -0.2) is 0 Å². The zero-order valence-corrected chi connectivity index (χ0v) is 18.9. The minimum atomic E-state index is -0.758. The van der Waals surface area contributed by atoms with E-state index < -0.39 is 5.97 Å². The van der Waals surface area contributed by atoms with Gasteiger partial charge in [-0.15, -0.1) is 11.3 Å². The minimum Gasteiger partial charge on any atom is -0.481 e. The Labute approximate surface area is 180 Å². The molecule has 1 aliphatic carbocycles. The van der Waals surface area contributed by atoms with Crippen molar-refractivity contribution in [3.8, 4) is 0 Å². The molecule has 28 heavy (non-hydrogen) atoms. The Morgan fingerprint density at radius 1 is 1.25 bits per heavy atom. The quantitative estimate of drug-likeness (QED) is 0.303. The summed E-state index contributed by atoms with van der Waals surface area (Å²) in [7, 11) is 0. The largest absolute Gasteiger partial charge is 0.481 e. The van der Waals surface area contributed by atoms with Crippen molar-refractivity contribution in [1.29, 1.82) is 0 Å². The fourth-order valence-corrected chi connectivity index (χ4v) is 5.55. The maximum Gasteiger partial charge on any atom is 0.303 e. The molecule has 1 aromatic heterocycles. The highest BCUT2D eigenvalue weighted by atomic mass is 79.9. The second-order valence-corrected chi connectivity index (χ2v) is 9.95. The molecule has 4 nitrogen and oxygen atoms in total. The number of halogens is 1. The predicted molar refractivity (Wildman–Crippen MR) is 117 cm³/mol. The number of carbonyl (C=O) groups excluding carboxylic acids is 1. The van der Waals surface area contributed by atoms with E-state index >= 15 is 0 Å². The number of aliphatic hydroxyl groups excluding tert-OH is 1. The lowest BCUT2D eigenvalue weighted by molar-refractivity contribution is -0.137. The Kier molecular flexibility index (Phi) is 9.89. The first-order valence-corrected chi connectivity index (χ1v) is 11.8. The lowest BCUT2D eigenvalue weighted by atomic mass is 9.87. The number of carboxylic acid groups (broad SMARTS) is 1. The average Bonchev–Trinajstić information content (AvgIpc) is 3.16. The van der Waals surface area contributed by atoms with Gasteiger partial charge in [-0.1, -0.05) is 12.2 Å². The van der Waals surface area contributed by atoms with Gasteiger partial charge in [0.15, 0.2) is 0 Å². The molecule has 6 heteroatoms. The fraction of sp³-hybridized carbons (Fsp3) is 0.636. The molecule has 0 saturated heterocycles. The molecule has 1 heterocycles. The Hall–Kier alpha value is -0.980. The molecular formula is C22H31BrO4S. The molecule has 1 fully saturated rings. The summed E-state index contributed by atoms with van der Waals surface area (Å²) >= 11 is 5.27. The number of carboxylic acids is 1. The molecule has 1 aromatic rings. The lowest BCUT2D eigenvalue weighted by Gasteiger charge is -2.20. The molecular weight excluding hydrogens is 440 g/mol. The Bertz CT molecular complexity index is 663. The molecule has 2 rings (SSSR count). The highest BCUT2D eigenvalue weighted by Gasteiger charge is 2.33. The predicted octanol–water partition coefficient (Wildman–Crippen LogP) is 5.69. The van der Waals surface area contributed by atoms with Crippen LogP contribution in [0.1, 0.15) is 67.5 Å². The fourth-order valence-electron chi connectivity index (χ4n) is 3.95. The highest BCUT2D eigenvalue weighted by Crippen LogP contribution is 2.38. The molecule has 0 bridgehead atoms. The number of ketones is 1. The molecule has 156 valence electrons. The first kappa shape index (κ1) is 23.3. The zero-order valence-electron chi connectivity index (χ0n) is 16.5. The third-order valence-corrected chi connectivity index (χ3v) is 7.82. The Morgan fingerprint density at radius 2 is 2.04 bits per heavy atom. The number of aryl methyl sites for hydroxylation is 2.